The van der Waals surface area contributed by atoms with E-state index in [-0.39, 0.29) is 12.0 Å². The molecule has 0 aliphatic rings. The fourth-order valence-corrected chi connectivity index (χ4v) is 3.81. The molecule has 0 bridgehead atoms. The number of carbonyl (C=O) groups excluding carboxylic acids is 1. The van der Waals surface area contributed by atoms with Gasteiger partial charge in [0.15, 0.2) is 0 Å². The summed E-state index contributed by atoms with van der Waals surface area (Å²) >= 11 is 3.44. The SMILES string of the molecule is COCC(C)Oc1cccc2cc(C(=O)Nc3ccc(Br)cc3-c3nn[nH]n3)n(C)c12. The number of anilines is 1. The van der Waals surface area contributed by atoms with Crippen molar-refractivity contribution in [3.05, 3.63) is 52.6 Å². The van der Waals surface area contributed by atoms with Crippen molar-refractivity contribution in [2.75, 3.05) is 19.0 Å². The Balaban J connectivity index is 1.68. The van der Waals surface area contributed by atoms with E-state index < -0.39 is 0 Å². The highest BCUT2D eigenvalue weighted by Crippen LogP contribution is 2.31. The molecule has 10 heteroatoms. The van der Waals surface area contributed by atoms with Crippen molar-refractivity contribution < 1.29 is 14.3 Å². The second-order valence-corrected chi connectivity index (χ2v) is 7.96. The summed E-state index contributed by atoms with van der Waals surface area (Å²) in [6.45, 7) is 2.41. The maximum Gasteiger partial charge on any atom is 0.272 e. The van der Waals surface area contributed by atoms with E-state index in [0.717, 1.165) is 15.4 Å². The van der Waals surface area contributed by atoms with E-state index in [2.05, 4.69) is 41.9 Å². The predicted molar refractivity (Wildman–Crippen MR) is 120 cm³/mol. The van der Waals surface area contributed by atoms with Crippen LogP contribution in [0.3, 0.4) is 0 Å². The number of hydrogen-bond donors (Lipinski definition) is 2. The summed E-state index contributed by atoms with van der Waals surface area (Å²) in [6, 6.07) is 13.0. The zero-order chi connectivity index (χ0) is 22.0. The lowest BCUT2D eigenvalue weighted by molar-refractivity contribution is 0.0928. The number of fused-ring (bicyclic) bond motifs is 1. The van der Waals surface area contributed by atoms with Gasteiger partial charge >= 0.3 is 0 Å². The van der Waals surface area contributed by atoms with Crippen LogP contribution in [0.4, 0.5) is 5.69 Å². The number of nitrogens with zero attached hydrogens (tertiary/aromatic N) is 4. The molecule has 4 rings (SSSR count). The molecule has 2 heterocycles. The number of nitrogens with one attached hydrogen (secondary N) is 2. The number of H-pyrrole nitrogens is 1. The molecule has 1 atom stereocenters. The van der Waals surface area contributed by atoms with Crippen molar-refractivity contribution in [3.8, 4) is 17.1 Å². The van der Waals surface area contributed by atoms with Gasteiger partial charge in [-0.1, -0.05) is 28.1 Å². The molecule has 1 unspecified atom stereocenters. The number of methoxy groups -OCH3 is 1. The highest BCUT2D eigenvalue weighted by atomic mass is 79.9. The first-order valence-corrected chi connectivity index (χ1v) is 10.4. The maximum absolute atomic E-state index is 13.2. The van der Waals surface area contributed by atoms with Gasteiger partial charge in [0.1, 0.15) is 17.5 Å². The molecule has 0 spiro atoms. The Kier molecular flexibility index (Phi) is 6.01. The van der Waals surface area contributed by atoms with Crippen molar-refractivity contribution in [2.45, 2.75) is 13.0 Å². The molecule has 1 amide bonds. The van der Waals surface area contributed by atoms with E-state index in [1.54, 1.807) is 13.2 Å². The predicted octanol–water partition coefficient (Wildman–Crippen LogP) is 3.79. The van der Waals surface area contributed by atoms with E-state index in [0.29, 0.717) is 35.1 Å². The molecule has 0 aliphatic heterocycles. The summed E-state index contributed by atoms with van der Waals surface area (Å²) in [4.78, 5) is 13.2. The summed E-state index contributed by atoms with van der Waals surface area (Å²) in [7, 11) is 3.48. The number of benzene rings is 2. The number of aromatic nitrogens is 5. The van der Waals surface area contributed by atoms with Crippen LogP contribution in [0.2, 0.25) is 0 Å². The van der Waals surface area contributed by atoms with Gasteiger partial charge in [0.25, 0.3) is 5.91 Å². The Morgan fingerprint density at radius 2 is 2.13 bits per heavy atom. The van der Waals surface area contributed by atoms with Crippen molar-refractivity contribution in [2.24, 2.45) is 7.05 Å². The van der Waals surface area contributed by atoms with Crippen molar-refractivity contribution in [1.29, 1.82) is 0 Å². The fourth-order valence-electron chi connectivity index (χ4n) is 3.45. The van der Waals surface area contributed by atoms with Crippen LogP contribution in [0.5, 0.6) is 5.75 Å². The van der Waals surface area contributed by atoms with Gasteiger partial charge in [0, 0.05) is 29.6 Å². The number of amides is 1. The third-order valence-corrected chi connectivity index (χ3v) is 5.29. The minimum atomic E-state index is -0.262. The van der Waals surface area contributed by atoms with Crippen molar-refractivity contribution in [1.82, 2.24) is 25.2 Å². The molecular weight excluding hydrogens is 464 g/mol. The van der Waals surface area contributed by atoms with Crippen LogP contribution >= 0.6 is 15.9 Å². The molecule has 2 aromatic heterocycles. The number of aryl methyl sites for hydroxylation is 1. The maximum atomic E-state index is 13.2. The molecule has 2 aromatic carbocycles. The van der Waals surface area contributed by atoms with Gasteiger partial charge in [0.05, 0.1) is 17.8 Å². The first-order chi connectivity index (χ1) is 15.0. The molecule has 160 valence electrons. The molecule has 0 radical (unpaired) electrons. The van der Waals surface area contributed by atoms with E-state index in [9.17, 15) is 4.79 Å². The molecule has 0 aliphatic carbocycles. The Hall–Kier alpha value is -3.24. The van der Waals surface area contributed by atoms with Crippen LogP contribution in [0.15, 0.2) is 46.9 Å². The Morgan fingerprint density at radius 3 is 2.87 bits per heavy atom. The van der Waals surface area contributed by atoms with Crippen molar-refractivity contribution >= 4 is 38.4 Å². The Bertz CT molecular complexity index is 1220. The van der Waals surface area contributed by atoms with Crippen LogP contribution in [-0.2, 0) is 11.8 Å². The number of rotatable bonds is 7. The van der Waals surface area contributed by atoms with Gasteiger partial charge in [-0.25, -0.2) is 0 Å². The monoisotopic (exact) mass is 484 g/mol. The summed E-state index contributed by atoms with van der Waals surface area (Å²) in [6.07, 6.45) is -0.122. The number of halogens is 1. The van der Waals surface area contributed by atoms with E-state index in [1.807, 2.05) is 54.9 Å². The van der Waals surface area contributed by atoms with Crippen LogP contribution in [0.1, 0.15) is 17.4 Å². The molecule has 4 aromatic rings. The van der Waals surface area contributed by atoms with Crippen LogP contribution in [0.25, 0.3) is 22.3 Å². The molecule has 0 saturated carbocycles. The smallest absolute Gasteiger partial charge is 0.272 e. The Morgan fingerprint density at radius 1 is 1.29 bits per heavy atom. The second kappa shape index (κ2) is 8.86. The summed E-state index contributed by atoms with van der Waals surface area (Å²) in [5.74, 6) is 0.817. The fraction of sp³-hybridized carbons (Fsp3) is 0.238. The highest BCUT2D eigenvalue weighted by molar-refractivity contribution is 9.10. The van der Waals surface area contributed by atoms with Gasteiger partial charge < -0.3 is 19.4 Å². The van der Waals surface area contributed by atoms with Gasteiger partial charge in [0.2, 0.25) is 5.82 Å². The lowest BCUT2D eigenvalue weighted by Crippen LogP contribution is -2.19. The molecule has 9 nitrogen and oxygen atoms in total. The lowest BCUT2D eigenvalue weighted by atomic mass is 10.1. The third kappa shape index (κ3) is 4.30. The first kappa shape index (κ1) is 21.0. The summed E-state index contributed by atoms with van der Waals surface area (Å²) in [5, 5.41) is 18.0. The molecule has 31 heavy (non-hydrogen) atoms. The molecule has 0 saturated heterocycles. The standard InChI is InChI=1S/C21H21BrN6O3/c1-12(11-30-3)31-18-6-4-5-13-9-17(28(2)19(13)18)21(29)23-16-8-7-14(22)10-15(16)20-24-26-27-25-20/h4-10,12H,11H2,1-3H3,(H,23,29)(H,24,25,26,27). The summed E-state index contributed by atoms with van der Waals surface area (Å²) in [5.41, 5.74) is 2.55. The largest absolute Gasteiger partial charge is 0.486 e. The van der Waals surface area contributed by atoms with Crippen LogP contribution in [-0.4, -0.2) is 50.9 Å². The number of hydrogen-bond acceptors (Lipinski definition) is 6. The molecular formula is C21H21BrN6O3. The molecule has 2 N–H and O–H groups in total. The van der Waals surface area contributed by atoms with E-state index >= 15 is 0 Å². The molecule has 0 fully saturated rings. The lowest BCUT2D eigenvalue weighted by Gasteiger charge is -2.15. The number of ether oxygens (including phenoxy) is 2. The number of tetrazole rings is 1. The van der Waals surface area contributed by atoms with Gasteiger partial charge in [-0.05, 0) is 42.5 Å². The minimum absolute atomic E-state index is 0.122. The quantitative estimate of drug-likeness (QED) is 0.413. The van der Waals surface area contributed by atoms with Crippen LogP contribution in [0, 0.1) is 0 Å². The zero-order valence-corrected chi connectivity index (χ0v) is 18.8. The van der Waals surface area contributed by atoms with E-state index in [1.165, 1.54) is 0 Å². The average molecular weight is 485 g/mol. The topological polar surface area (TPSA) is 107 Å². The number of para-hydroxylation sites is 1. The zero-order valence-electron chi connectivity index (χ0n) is 17.2. The average Bonchev–Trinajstić information content (AvgIpc) is 3.38. The normalized spacial score (nSPS) is 12.1. The van der Waals surface area contributed by atoms with Gasteiger partial charge in [-0.2, -0.15) is 5.21 Å². The second-order valence-electron chi connectivity index (χ2n) is 7.05. The number of carbonyl (C=O) groups is 1. The first-order valence-electron chi connectivity index (χ1n) is 9.56. The van der Waals surface area contributed by atoms with Crippen LogP contribution < -0.4 is 10.1 Å². The Labute approximate surface area is 186 Å². The van der Waals surface area contributed by atoms with Gasteiger partial charge in [-0.3, -0.25) is 4.79 Å². The minimum Gasteiger partial charge on any atom is -0.486 e. The summed E-state index contributed by atoms with van der Waals surface area (Å²) < 4.78 is 13.9. The highest BCUT2D eigenvalue weighted by Gasteiger charge is 2.19. The van der Waals surface area contributed by atoms with Gasteiger partial charge in [-0.15, -0.1) is 10.2 Å². The van der Waals surface area contributed by atoms with Crippen molar-refractivity contribution in [3.63, 3.8) is 0 Å². The third-order valence-electron chi connectivity index (χ3n) is 4.80. The number of aromatic amines is 1. The van der Waals surface area contributed by atoms with E-state index in [4.69, 9.17) is 9.47 Å².